The summed E-state index contributed by atoms with van der Waals surface area (Å²) < 4.78 is 0. The van der Waals surface area contributed by atoms with Crippen LogP contribution in [0.15, 0.2) is 61.2 Å². The Labute approximate surface area is 148 Å². The molecule has 0 fully saturated rings. The van der Waals surface area contributed by atoms with Crippen LogP contribution in [0.25, 0.3) is 21.2 Å². The van der Waals surface area contributed by atoms with E-state index in [4.69, 9.17) is 0 Å². The van der Waals surface area contributed by atoms with Crippen LogP contribution < -0.4 is 5.32 Å². The van der Waals surface area contributed by atoms with Crippen LogP contribution in [0.5, 0.6) is 0 Å². The molecule has 0 radical (unpaired) electrons. The molecule has 0 aliphatic carbocycles. The summed E-state index contributed by atoms with van der Waals surface area (Å²) in [6.45, 7) is 1.81. The minimum atomic E-state index is -0.198. The predicted octanol–water partition coefficient (Wildman–Crippen LogP) is 4.31. The van der Waals surface area contributed by atoms with Gasteiger partial charge in [-0.1, -0.05) is 23.5 Å². The van der Waals surface area contributed by atoms with Crippen molar-refractivity contribution in [3.05, 3.63) is 72.4 Å². The first-order valence-electron chi connectivity index (χ1n) is 7.74. The van der Waals surface area contributed by atoms with Crippen LogP contribution in [0.2, 0.25) is 0 Å². The number of nitrogens with zero attached hydrogens (tertiary/aromatic N) is 3. The highest BCUT2D eigenvalue weighted by molar-refractivity contribution is 7.19. The van der Waals surface area contributed by atoms with E-state index in [1.807, 2.05) is 31.3 Å². The second kappa shape index (κ2) is 6.41. The third-order valence-corrected chi connectivity index (χ3v) is 4.86. The van der Waals surface area contributed by atoms with Gasteiger partial charge in [0.05, 0.1) is 10.4 Å². The molecule has 0 unspecified atom stereocenters. The number of fused-ring (bicyclic) bond motifs is 1. The number of aryl methyl sites for hydroxylation is 1. The molecule has 4 rings (SSSR count). The molecule has 0 aliphatic rings. The molecule has 6 heteroatoms. The van der Waals surface area contributed by atoms with E-state index in [9.17, 15) is 4.79 Å². The number of pyridine rings is 2. The number of anilines is 1. The van der Waals surface area contributed by atoms with Crippen molar-refractivity contribution in [2.45, 2.75) is 6.92 Å². The van der Waals surface area contributed by atoms with Crippen molar-refractivity contribution in [3.8, 4) is 10.4 Å². The topological polar surface area (TPSA) is 67.8 Å². The predicted molar refractivity (Wildman–Crippen MR) is 99.8 cm³/mol. The van der Waals surface area contributed by atoms with Crippen LogP contribution >= 0.6 is 11.3 Å². The number of carbonyl (C=O) groups is 1. The molecule has 0 aliphatic heterocycles. The number of benzene rings is 1. The van der Waals surface area contributed by atoms with Crippen LogP contribution in [0.4, 0.5) is 5.13 Å². The molecule has 3 aromatic heterocycles. The number of amides is 1. The van der Waals surface area contributed by atoms with Crippen molar-refractivity contribution in [1.82, 2.24) is 15.0 Å². The zero-order valence-corrected chi connectivity index (χ0v) is 14.2. The van der Waals surface area contributed by atoms with Crippen molar-refractivity contribution in [1.29, 1.82) is 0 Å². The maximum absolute atomic E-state index is 12.4. The van der Waals surface area contributed by atoms with Gasteiger partial charge in [0.25, 0.3) is 5.91 Å². The van der Waals surface area contributed by atoms with Crippen LogP contribution in [0.1, 0.15) is 16.1 Å². The first kappa shape index (κ1) is 15.4. The van der Waals surface area contributed by atoms with E-state index in [2.05, 4.69) is 26.3 Å². The first-order valence-corrected chi connectivity index (χ1v) is 8.55. The standard InChI is InChI=1S/C19H14N4OS/c1-12-16(3-2-7-21-12)18(24)23-19-22-11-17(25-19)14-4-5-15-10-20-8-6-13(15)9-14/h2-11H,1H3,(H,22,23,24). The molecule has 1 aromatic carbocycles. The molecular formula is C19H14N4OS. The molecule has 5 nitrogen and oxygen atoms in total. The summed E-state index contributed by atoms with van der Waals surface area (Å²) in [5.74, 6) is -0.198. The number of nitrogens with one attached hydrogen (secondary N) is 1. The second-order valence-corrected chi connectivity index (χ2v) is 6.59. The fourth-order valence-corrected chi connectivity index (χ4v) is 3.40. The monoisotopic (exact) mass is 346 g/mol. The summed E-state index contributed by atoms with van der Waals surface area (Å²) in [7, 11) is 0. The van der Waals surface area contributed by atoms with Crippen LogP contribution in [0, 0.1) is 6.92 Å². The molecule has 122 valence electrons. The fourth-order valence-electron chi connectivity index (χ4n) is 2.59. The third kappa shape index (κ3) is 3.12. The van der Waals surface area contributed by atoms with Gasteiger partial charge in [0.2, 0.25) is 0 Å². The highest BCUT2D eigenvalue weighted by Crippen LogP contribution is 2.31. The molecular weight excluding hydrogens is 332 g/mol. The Morgan fingerprint density at radius 3 is 2.84 bits per heavy atom. The zero-order valence-electron chi connectivity index (χ0n) is 13.4. The summed E-state index contributed by atoms with van der Waals surface area (Å²) in [6.07, 6.45) is 7.07. The molecule has 0 spiro atoms. The van der Waals surface area contributed by atoms with Gasteiger partial charge in [0.1, 0.15) is 0 Å². The van der Waals surface area contributed by atoms with Gasteiger partial charge in [-0.3, -0.25) is 20.1 Å². The lowest BCUT2D eigenvalue weighted by atomic mass is 10.1. The highest BCUT2D eigenvalue weighted by Gasteiger charge is 2.12. The average Bonchev–Trinajstić information content (AvgIpc) is 3.10. The summed E-state index contributed by atoms with van der Waals surface area (Å²) in [6, 6.07) is 11.7. The molecule has 3 heterocycles. The number of rotatable bonds is 3. The lowest BCUT2D eigenvalue weighted by molar-refractivity contribution is 0.102. The maximum atomic E-state index is 12.4. The summed E-state index contributed by atoms with van der Waals surface area (Å²) in [4.78, 5) is 25.9. The molecule has 0 atom stereocenters. The number of hydrogen-bond donors (Lipinski definition) is 1. The minimum Gasteiger partial charge on any atom is -0.298 e. The lowest BCUT2D eigenvalue weighted by Crippen LogP contribution is -2.13. The smallest absolute Gasteiger partial charge is 0.259 e. The van der Waals surface area contributed by atoms with Gasteiger partial charge in [0.15, 0.2) is 5.13 Å². The molecule has 0 bridgehead atoms. The largest absolute Gasteiger partial charge is 0.298 e. The first-order chi connectivity index (χ1) is 12.2. The van der Waals surface area contributed by atoms with Crippen molar-refractivity contribution >= 4 is 33.1 Å². The van der Waals surface area contributed by atoms with E-state index in [1.54, 1.807) is 30.7 Å². The van der Waals surface area contributed by atoms with E-state index < -0.39 is 0 Å². The molecule has 1 N–H and O–H groups in total. The Balaban J connectivity index is 1.59. The van der Waals surface area contributed by atoms with Crippen molar-refractivity contribution in [2.24, 2.45) is 0 Å². The number of aromatic nitrogens is 3. The summed E-state index contributed by atoms with van der Waals surface area (Å²) >= 11 is 1.44. The Morgan fingerprint density at radius 1 is 1.04 bits per heavy atom. The van der Waals surface area contributed by atoms with Gasteiger partial charge in [-0.15, -0.1) is 0 Å². The Morgan fingerprint density at radius 2 is 1.96 bits per heavy atom. The Hall–Kier alpha value is -3.12. The van der Waals surface area contributed by atoms with Crippen molar-refractivity contribution in [3.63, 3.8) is 0 Å². The number of hydrogen-bond acceptors (Lipinski definition) is 5. The fraction of sp³-hybridized carbons (Fsp3) is 0.0526. The van der Waals surface area contributed by atoms with Gasteiger partial charge in [-0.05, 0) is 42.1 Å². The SMILES string of the molecule is Cc1ncccc1C(=O)Nc1ncc(-c2ccc3cnccc3c2)s1. The number of carbonyl (C=O) groups excluding carboxylic acids is 1. The van der Waals surface area contributed by atoms with Crippen LogP contribution in [-0.2, 0) is 0 Å². The van der Waals surface area contributed by atoms with Crippen molar-refractivity contribution in [2.75, 3.05) is 5.32 Å². The lowest BCUT2D eigenvalue weighted by Gasteiger charge is -2.03. The molecule has 1 amide bonds. The normalized spacial score (nSPS) is 10.8. The van der Waals surface area contributed by atoms with Gasteiger partial charge in [-0.25, -0.2) is 4.98 Å². The third-order valence-electron chi connectivity index (χ3n) is 3.90. The van der Waals surface area contributed by atoms with Gasteiger partial charge in [-0.2, -0.15) is 0 Å². The van der Waals surface area contributed by atoms with Crippen molar-refractivity contribution < 1.29 is 4.79 Å². The molecule has 25 heavy (non-hydrogen) atoms. The average molecular weight is 346 g/mol. The molecule has 0 saturated heterocycles. The van der Waals surface area contributed by atoms with E-state index in [1.165, 1.54) is 11.3 Å². The minimum absolute atomic E-state index is 0.198. The van der Waals surface area contributed by atoms with Crippen LogP contribution in [0.3, 0.4) is 0 Å². The second-order valence-electron chi connectivity index (χ2n) is 5.56. The van der Waals surface area contributed by atoms with E-state index >= 15 is 0 Å². The molecule has 0 saturated carbocycles. The van der Waals surface area contributed by atoms with Crippen LogP contribution in [-0.4, -0.2) is 20.9 Å². The van der Waals surface area contributed by atoms with E-state index in [-0.39, 0.29) is 5.91 Å². The Kier molecular flexibility index (Phi) is 3.95. The van der Waals surface area contributed by atoms with Gasteiger partial charge < -0.3 is 0 Å². The number of thiazole rings is 1. The highest BCUT2D eigenvalue weighted by atomic mass is 32.1. The Bertz CT molecular complexity index is 1070. The van der Waals surface area contributed by atoms with Gasteiger partial charge in [0, 0.05) is 35.9 Å². The van der Waals surface area contributed by atoms with Gasteiger partial charge >= 0.3 is 0 Å². The zero-order chi connectivity index (χ0) is 17.2. The maximum Gasteiger partial charge on any atom is 0.259 e. The summed E-state index contributed by atoms with van der Waals surface area (Å²) in [5.41, 5.74) is 2.31. The quantitative estimate of drug-likeness (QED) is 0.600. The molecule has 4 aromatic rings. The van der Waals surface area contributed by atoms with E-state index in [0.29, 0.717) is 16.4 Å². The summed E-state index contributed by atoms with van der Waals surface area (Å²) in [5, 5.41) is 5.63. The van der Waals surface area contributed by atoms with E-state index in [0.717, 1.165) is 21.2 Å².